The lowest BCUT2D eigenvalue weighted by Crippen LogP contribution is -2.06. The summed E-state index contributed by atoms with van der Waals surface area (Å²) in [5.74, 6) is -0.253. The molecule has 102 valence electrons. The Bertz CT molecular complexity index is 783. The minimum atomic E-state index is -0.953. The Labute approximate surface area is 120 Å². The van der Waals surface area contributed by atoms with E-state index in [0.29, 0.717) is 22.9 Å². The average Bonchev–Trinajstić information content (AvgIpc) is 2.96. The maximum Gasteiger partial charge on any atom is 0.352 e. The van der Waals surface area contributed by atoms with Gasteiger partial charge in [-0.05, 0) is 31.2 Å². The third-order valence-electron chi connectivity index (χ3n) is 3.25. The van der Waals surface area contributed by atoms with Crippen molar-refractivity contribution in [3.63, 3.8) is 0 Å². The molecule has 0 bridgehead atoms. The Morgan fingerprint density at radius 1 is 1.30 bits per heavy atom. The zero-order chi connectivity index (χ0) is 14.3. The fourth-order valence-corrected chi connectivity index (χ4v) is 2.44. The van der Waals surface area contributed by atoms with Gasteiger partial charge in [-0.25, -0.2) is 4.79 Å². The van der Waals surface area contributed by atoms with Gasteiger partial charge in [0, 0.05) is 29.3 Å². The van der Waals surface area contributed by atoms with E-state index in [0.717, 1.165) is 11.1 Å². The number of carbonyl (C=O) groups is 1. The van der Waals surface area contributed by atoms with E-state index in [2.05, 4.69) is 0 Å². The Morgan fingerprint density at radius 3 is 2.60 bits per heavy atom. The highest BCUT2D eigenvalue weighted by Crippen LogP contribution is 2.30. The smallest absolute Gasteiger partial charge is 0.352 e. The van der Waals surface area contributed by atoms with Crippen LogP contribution in [0.2, 0.25) is 5.02 Å². The second kappa shape index (κ2) is 4.72. The number of nitrogens with zero attached hydrogens (tertiary/aromatic N) is 1. The first-order valence-corrected chi connectivity index (χ1v) is 6.60. The normalized spacial score (nSPS) is 11.1. The Kier molecular flexibility index (Phi) is 3.03. The van der Waals surface area contributed by atoms with Gasteiger partial charge in [0.05, 0.1) is 5.52 Å². The maximum absolute atomic E-state index is 11.2. The fourth-order valence-electron chi connectivity index (χ4n) is 2.32. The molecule has 2 aromatic heterocycles. The van der Waals surface area contributed by atoms with Gasteiger partial charge in [0.2, 0.25) is 0 Å². The van der Waals surface area contributed by atoms with Crippen molar-refractivity contribution in [1.82, 2.24) is 4.57 Å². The lowest BCUT2D eigenvalue weighted by atomic mass is 10.2. The van der Waals surface area contributed by atoms with Crippen molar-refractivity contribution in [3.8, 4) is 11.3 Å². The molecule has 1 aromatic carbocycles. The summed E-state index contributed by atoms with van der Waals surface area (Å²) in [7, 11) is 0. The van der Waals surface area contributed by atoms with Crippen LogP contribution in [0.25, 0.3) is 22.4 Å². The first-order chi connectivity index (χ1) is 9.60. The van der Waals surface area contributed by atoms with Crippen molar-refractivity contribution in [2.45, 2.75) is 13.5 Å². The molecular weight excluding hydrogens is 278 g/mol. The van der Waals surface area contributed by atoms with Gasteiger partial charge < -0.3 is 14.1 Å². The molecule has 5 heteroatoms. The van der Waals surface area contributed by atoms with Crippen LogP contribution in [0.15, 0.2) is 40.8 Å². The van der Waals surface area contributed by atoms with Crippen LogP contribution in [0.1, 0.15) is 17.4 Å². The standard InChI is InChI=1S/C15H12ClNO3/c1-2-17-11-7-13(9-3-5-10(16)6-4-9)20-14(11)8-12(17)15(18)19/h3-8H,2H2,1H3,(H,18,19). The molecule has 0 radical (unpaired) electrons. The number of hydrogen-bond donors (Lipinski definition) is 1. The first-order valence-electron chi connectivity index (χ1n) is 6.22. The van der Waals surface area contributed by atoms with Crippen LogP contribution in [0.5, 0.6) is 0 Å². The Hall–Kier alpha value is -2.20. The monoisotopic (exact) mass is 289 g/mol. The van der Waals surface area contributed by atoms with Crippen molar-refractivity contribution >= 4 is 28.7 Å². The SMILES string of the molecule is CCn1c(C(=O)O)cc2oc(-c3ccc(Cl)cc3)cc21. The van der Waals surface area contributed by atoms with E-state index >= 15 is 0 Å². The minimum absolute atomic E-state index is 0.240. The first kappa shape index (κ1) is 12.8. The number of aromatic carboxylic acids is 1. The molecule has 0 fully saturated rings. The molecule has 0 atom stereocenters. The average molecular weight is 290 g/mol. The van der Waals surface area contributed by atoms with Crippen molar-refractivity contribution in [2.75, 3.05) is 0 Å². The highest BCUT2D eigenvalue weighted by Gasteiger charge is 2.17. The van der Waals surface area contributed by atoms with Gasteiger partial charge in [0.1, 0.15) is 11.5 Å². The van der Waals surface area contributed by atoms with E-state index in [1.165, 1.54) is 0 Å². The molecule has 4 nitrogen and oxygen atoms in total. The molecule has 0 amide bonds. The van der Waals surface area contributed by atoms with Gasteiger partial charge in [0.15, 0.2) is 5.58 Å². The second-order valence-corrected chi connectivity index (χ2v) is 4.88. The molecule has 0 aliphatic rings. The van der Waals surface area contributed by atoms with E-state index in [1.54, 1.807) is 22.8 Å². The van der Waals surface area contributed by atoms with Crippen LogP contribution < -0.4 is 0 Å². The zero-order valence-electron chi connectivity index (χ0n) is 10.8. The third-order valence-corrected chi connectivity index (χ3v) is 3.51. The molecule has 0 saturated heterocycles. The number of benzene rings is 1. The number of hydrogen-bond acceptors (Lipinski definition) is 2. The Morgan fingerprint density at radius 2 is 2.00 bits per heavy atom. The zero-order valence-corrected chi connectivity index (χ0v) is 11.5. The molecule has 1 N–H and O–H groups in total. The van der Waals surface area contributed by atoms with Crippen LogP contribution in [-0.4, -0.2) is 15.6 Å². The van der Waals surface area contributed by atoms with Crippen molar-refractivity contribution in [1.29, 1.82) is 0 Å². The van der Waals surface area contributed by atoms with Crippen molar-refractivity contribution in [3.05, 3.63) is 47.1 Å². The summed E-state index contributed by atoms with van der Waals surface area (Å²) in [4.78, 5) is 11.2. The number of aryl methyl sites for hydroxylation is 1. The van der Waals surface area contributed by atoms with Crippen molar-refractivity contribution in [2.24, 2.45) is 0 Å². The van der Waals surface area contributed by atoms with Gasteiger partial charge in [-0.2, -0.15) is 0 Å². The molecule has 3 aromatic rings. The van der Waals surface area contributed by atoms with Crippen LogP contribution in [0, 0.1) is 0 Å². The lowest BCUT2D eigenvalue weighted by molar-refractivity contribution is 0.0686. The quantitative estimate of drug-likeness (QED) is 0.783. The summed E-state index contributed by atoms with van der Waals surface area (Å²) in [6.45, 7) is 2.48. The number of fused-ring (bicyclic) bond motifs is 1. The molecule has 0 spiro atoms. The molecule has 0 aliphatic carbocycles. The van der Waals surface area contributed by atoms with Gasteiger partial charge in [-0.1, -0.05) is 11.6 Å². The van der Waals surface area contributed by atoms with Gasteiger partial charge in [-0.3, -0.25) is 0 Å². The largest absolute Gasteiger partial charge is 0.477 e. The van der Waals surface area contributed by atoms with E-state index in [4.69, 9.17) is 21.1 Å². The van der Waals surface area contributed by atoms with Crippen LogP contribution in [0.3, 0.4) is 0 Å². The van der Waals surface area contributed by atoms with Gasteiger partial charge in [-0.15, -0.1) is 0 Å². The number of aromatic nitrogens is 1. The lowest BCUT2D eigenvalue weighted by Gasteiger charge is -2.01. The predicted molar refractivity (Wildman–Crippen MR) is 77.3 cm³/mol. The highest BCUT2D eigenvalue weighted by molar-refractivity contribution is 6.30. The molecule has 3 rings (SSSR count). The number of rotatable bonds is 3. The van der Waals surface area contributed by atoms with E-state index in [-0.39, 0.29) is 5.69 Å². The topological polar surface area (TPSA) is 55.4 Å². The fraction of sp³-hybridized carbons (Fsp3) is 0.133. The number of carboxylic acids is 1. The third kappa shape index (κ3) is 1.98. The van der Waals surface area contributed by atoms with Crippen molar-refractivity contribution < 1.29 is 14.3 Å². The summed E-state index contributed by atoms with van der Waals surface area (Å²) in [5, 5.41) is 9.82. The van der Waals surface area contributed by atoms with E-state index in [9.17, 15) is 4.79 Å². The van der Waals surface area contributed by atoms with Crippen LogP contribution in [-0.2, 0) is 6.54 Å². The summed E-state index contributed by atoms with van der Waals surface area (Å²) < 4.78 is 7.46. The summed E-state index contributed by atoms with van der Waals surface area (Å²) in [6, 6.07) is 10.7. The number of carboxylic acid groups (broad SMARTS) is 1. The van der Waals surface area contributed by atoms with Gasteiger partial charge in [0.25, 0.3) is 0 Å². The summed E-state index contributed by atoms with van der Waals surface area (Å²) in [6.07, 6.45) is 0. The molecule has 20 heavy (non-hydrogen) atoms. The summed E-state index contributed by atoms with van der Waals surface area (Å²) >= 11 is 5.86. The minimum Gasteiger partial charge on any atom is -0.477 e. The summed E-state index contributed by atoms with van der Waals surface area (Å²) in [5.41, 5.74) is 2.51. The second-order valence-electron chi connectivity index (χ2n) is 4.45. The Balaban J connectivity index is 2.14. The molecular formula is C15H12ClNO3. The molecule has 0 saturated carbocycles. The highest BCUT2D eigenvalue weighted by atomic mass is 35.5. The van der Waals surface area contributed by atoms with Crippen LogP contribution in [0.4, 0.5) is 0 Å². The molecule has 0 unspecified atom stereocenters. The number of halogens is 1. The molecule has 0 aliphatic heterocycles. The van der Waals surface area contributed by atoms with Crippen LogP contribution >= 0.6 is 11.6 Å². The molecule has 2 heterocycles. The van der Waals surface area contributed by atoms with E-state index < -0.39 is 5.97 Å². The number of furan rings is 1. The predicted octanol–water partition coefficient (Wildman–Crippen LogP) is 4.27. The van der Waals surface area contributed by atoms with E-state index in [1.807, 2.05) is 25.1 Å². The van der Waals surface area contributed by atoms with Gasteiger partial charge >= 0.3 is 5.97 Å². The maximum atomic E-state index is 11.2.